The second kappa shape index (κ2) is 8.29. The van der Waals surface area contributed by atoms with Crippen molar-refractivity contribution >= 4 is 23.1 Å². The van der Waals surface area contributed by atoms with Crippen molar-refractivity contribution in [2.24, 2.45) is 0 Å². The number of hydrogen-bond acceptors (Lipinski definition) is 4. The Morgan fingerprint density at radius 3 is 2.61 bits per heavy atom. The van der Waals surface area contributed by atoms with Gasteiger partial charge in [-0.15, -0.1) is 0 Å². The number of hydrogen-bond donors (Lipinski definition) is 1. The van der Waals surface area contributed by atoms with E-state index >= 15 is 0 Å². The lowest BCUT2D eigenvalue weighted by atomic mass is 10.1. The minimum atomic E-state index is 0.699. The highest BCUT2D eigenvalue weighted by atomic mass is 35.5. The molecule has 28 heavy (non-hydrogen) atoms. The predicted octanol–water partition coefficient (Wildman–Crippen LogP) is 5.13. The molecule has 0 atom stereocenters. The fourth-order valence-corrected chi connectivity index (χ4v) is 3.73. The summed E-state index contributed by atoms with van der Waals surface area (Å²) >= 11 is 6.17. The molecule has 0 fully saturated rings. The van der Waals surface area contributed by atoms with Crippen molar-refractivity contribution in [1.82, 2.24) is 14.9 Å². The molecule has 0 unspecified atom stereocenters. The topological polar surface area (TPSA) is 41.0 Å². The molecule has 1 aliphatic rings. The van der Waals surface area contributed by atoms with Gasteiger partial charge in [0.25, 0.3) is 0 Å². The van der Waals surface area contributed by atoms with Crippen LogP contribution < -0.4 is 5.32 Å². The van der Waals surface area contributed by atoms with E-state index in [4.69, 9.17) is 21.6 Å². The molecule has 3 aromatic rings. The molecule has 2 aromatic carbocycles. The van der Waals surface area contributed by atoms with Crippen LogP contribution in [-0.2, 0) is 19.3 Å². The summed E-state index contributed by atoms with van der Waals surface area (Å²) in [6.07, 6.45) is 4.20. The maximum Gasteiger partial charge on any atom is 0.161 e. The van der Waals surface area contributed by atoms with Crippen LogP contribution in [0.25, 0.3) is 11.4 Å². The summed E-state index contributed by atoms with van der Waals surface area (Å²) in [6.45, 7) is 1.05. The van der Waals surface area contributed by atoms with E-state index in [0.29, 0.717) is 5.02 Å². The minimum absolute atomic E-state index is 0.699. The lowest BCUT2D eigenvalue weighted by Crippen LogP contribution is -2.14. The van der Waals surface area contributed by atoms with E-state index in [1.54, 1.807) is 0 Å². The van der Waals surface area contributed by atoms with Gasteiger partial charge in [-0.2, -0.15) is 0 Å². The second-order valence-electron chi connectivity index (χ2n) is 7.56. The van der Waals surface area contributed by atoms with Gasteiger partial charge in [-0.1, -0.05) is 35.9 Å². The van der Waals surface area contributed by atoms with Gasteiger partial charge in [0.1, 0.15) is 5.82 Å². The first-order valence-electron chi connectivity index (χ1n) is 9.75. The third-order valence-electron chi connectivity index (χ3n) is 5.08. The maximum absolute atomic E-state index is 6.17. The Labute approximate surface area is 171 Å². The molecule has 0 saturated carbocycles. The monoisotopic (exact) mass is 392 g/mol. The fraction of sp³-hybridized carbons (Fsp3) is 0.304. The van der Waals surface area contributed by atoms with Crippen molar-refractivity contribution in [3.05, 3.63) is 70.4 Å². The molecular formula is C23H25ClN4. The first-order chi connectivity index (χ1) is 13.6. The normalized spacial score (nSPS) is 13.0. The third kappa shape index (κ3) is 4.34. The van der Waals surface area contributed by atoms with Gasteiger partial charge in [-0.05, 0) is 69.6 Å². The minimum Gasteiger partial charge on any atom is -0.340 e. The lowest BCUT2D eigenvalue weighted by Gasteiger charge is -2.13. The van der Waals surface area contributed by atoms with E-state index in [-0.39, 0.29) is 0 Å². The van der Waals surface area contributed by atoms with Crippen molar-refractivity contribution in [2.45, 2.75) is 25.7 Å². The average Bonchev–Trinajstić information content (AvgIpc) is 3.16. The Kier molecular flexibility index (Phi) is 5.60. The summed E-state index contributed by atoms with van der Waals surface area (Å²) in [4.78, 5) is 11.9. The van der Waals surface area contributed by atoms with Gasteiger partial charge >= 0.3 is 0 Å². The molecule has 4 nitrogen and oxygen atoms in total. The van der Waals surface area contributed by atoms with Crippen molar-refractivity contribution < 1.29 is 0 Å². The molecule has 0 spiro atoms. The van der Waals surface area contributed by atoms with Crippen LogP contribution in [0.2, 0.25) is 5.02 Å². The molecule has 0 amide bonds. The zero-order valence-corrected chi connectivity index (χ0v) is 17.1. The molecule has 5 heteroatoms. The van der Waals surface area contributed by atoms with Crippen LogP contribution in [0.15, 0.2) is 48.5 Å². The number of halogens is 1. The van der Waals surface area contributed by atoms with Crippen LogP contribution in [0.1, 0.15) is 23.2 Å². The van der Waals surface area contributed by atoms with Crippen molar-refractivity contribution in [2.75, 3.05) is 26.0 Å². The summed E-state index contributed by atoms with van der Waals surface area (Å²) in [7, 11) is 4.20. The average molecular weight is 393 g/mol. The predicted molar refractivity (Wildman–Crippen MR) is 116 cm³/mol. The third-order valence-corrected chi connectivity index (χ3v) is 5.32. The summed E-state index contributed by atoms with van der Waals surface area (Å²) in [6, 6.07) is 16.4. The summed E-state index contributed by atoms with van der Waals surface area (Å²) in [5.41, 5.74) is 5.73. The number of benzene rings is 2. The Balaban J connectivity index is 1.60. The SMILES string of the molecule is CN(C)CCc1ccc(Nc2nc(-c3cccc(Cl)c3)nc3c2CCC3)cc1. The van der Waals surface area contributed by atoms with Crippen LogP contribution in [0, 0.1) is 0 Å². The highest BCUT2D eigenvalue weighted by molar-refractivity contribution is 6.30. The van der Waals surface area contributed by atoms with Gasteiger partial charge in [0.05, 0.1) is 0 Å². The Morgan fingerprint density at radius 1 is 1.04 bits per heavy atom. The number of rotatable bonds is 6. The van der Waals surface area contributed by atoms with Crippen LogP contribution >= 0.6 is 11.6 Å². The van der Waals surface area contributed by atoms with Gasteiger partial charge in [-0.3, -0.25) is 0 Å². The number of fused-ring (bicyclic) bond motifs is 1. The van der Waals surface area contributed by atoms with Crippen molar-refractivity contribution in [1.29, 1.82) is 0 Å². The molecular weight excluding hydrogens is 368 g/mol. The number of aromatic nitrogens is 2. The molecule has 1 aliphatic carbocycles. The van der Waals surface area contributed by atoms with Crippen LogP contribution in [0.3, 0.4) is 0 Å². The molecule has 1 heterocycles. The molecule has 0 radical (unpaired) electrons. The maximum atomic E-state index is 6.17. The molecule has 0 aliphatic heterocycles. The molecule has 1 N–H and O–H groups in total. The Hall–Kier alpha value is -2.43. The Morgan fingerprint density at radius 2 is 1.86 bits per heavy atom. The molecule has 0 bridgehead atoms. The largest absolute Gasteiger partial charge is 0.340 e. The molecule has 0 saturated heterocycles. The summed E-state index contributed by atoms with van der Waals surface area (Å²) in [5, 5.41) is 4.23. The second-order valence-corrected chi connectivity index (χ2v) is 8.00. The van der Waals surface area contributed by atoms with Crippen molar-refractivity contribution in [3.63, 3.8) is 0 Å². The highest BCUT2D eigenvalue weighted by Crippen LogP contribution is 2.31. The van der Waals surface area contributed by atoms with Crippen molar-refractivity contribution in [3.8, 4) is 11.4 Å². The van der Waals surface area contributed by atoms with Gasteiger partial charge in [0.2, 0.25) is 0 Å². The first kappa shape index (κ1) is 18.9. The van der Waals surface area contributed by atoms with Gasteiger partial charge < -0.3 is 10.2 Å². The molecule has 144 valence electrons. The lowest BCUT2D eigenvalue weighted by molar-refractivity contribution is 0.413. The van der Waals surface area contributed by atoms with Gasteiger partial charge in [0.15, 0.2) is 5.82 Å². The highest BCUT2D eigenvalue weighted by Gasteiger charge is 2.20. The van der Waals surface area contributed by atoms with E-state index in [9.17, 15) is 0 Å². The standard InChI is InChI=1S/C23H25ClN4/c1-28(2)14-13-16-9-11-19(12-10-16)25-23-20-7-4-8-21(20)26-22(27-23)17-5-3-6-18(24)15-17/h3,5-6,9-12,15H,4,7-8,13-14H2,1-2H3,(H,25,26,27). The number of aryl methyl sites for hydroxylation is 1. The van der Waals surface area contributed by atoms with E-state index in [2.05, 4.69) is 48.6 Å². The molecule has 1 aromatic heterocycles. The fourth-order valence-electron chi connectivity index (χ4n) is 3.54. The smallest absolute Gasteiger partial charge is 0.161 e. The van der Waals surface area contributed by atoms with E-state index < -0.39 is 0 Å². The van der Waals surface area contributed by atoms with E-state index in [1.807, 2.05) is 24.3 Å². The number of nitrogens with zero attached hydrogens (tertiary/aromatic N) is 3. The quantitative estimate of drug-likeness (QED) is 0.631. The summed E-state index contributed by atoms with van der Waals surface area (Å²) in [5.74, 6) is 1.65. The van der Waals surface area contributed by atoms with Gasteiger partial charge in [-0.25, -0.2) is 9.97 Å². The Bertz CT molecular complexity index is 967. The van der Waals surface area contributed by atoms with E-state index in [1.165, 1.54) is 11.1 Å². The van der Waals surface area contributed by atoms with Gasteiger partial charge in [0, 0.05) is 34.1 Å². The van der Waals surface area contributed by atoms with E-state index in [0.717, 1.165) is 60.8 Å². The zero-order valence-electron chi connectivity index (χ0n) is 16.4. The van der Waals surface area contributed by atoms with Crippen LogP contribution in [0.5, 0.6) is 0 Å². The van der Waals surface area contributed by atoms with Crippen LogP contribution in [-0.4, -0.2) is 35.5 Å². The summed E-state index contributed by atoms with van der Waals surface area (Å²) < 4.78 is 0. The number of anilines is 2. The molecule has 4 rings (SSSR count). The number of likely N-dealkylation sites (N-methyl/N-ethyl adjacent to an activating group) is 1. The zero-order chi connectivity index (χ0) is 19.5. The number of nitrogens with one attached hydrogen (secondary N) is 1. The first-order valence-corrected chi connectivity index (χ1v) is 10.1. The van der Waals surface area contributed by atoms with Crippen LogP contribution in [0.4, 0.5) is 11.5 Å².